The van der Waals surface area contributed by atoms with E-state index in [9.17, 15) is 31.2 Å². The topological polar surface area (TPSA) is 155 Å². The summed E-state index contributed by atoms with van der Waals surface area (Å²) in [6.45, 7) is 0.356. The van der Waals surface area contributed by atoms with Gasteiger partial charge < -0.3 is 29.5 Å². The Kier molecular flexibility index (Phi) is 11.5. The molecule has 2 atom stereocenters. The molecule has 2 N–H and O–H groups in total. The van der Waals surface area contributed by atoms with Crippen LogP contribution in [0, 0.1) is 0 Å². The number of likely N-dealkylation sites (N-methyl/N-ethyl adjacent to an activating group) is 1. The SMILES string of the molecule is COc1ccc(S(=O)(=O)N2C(=O)C(c3cc(CNCCC(=O)O)ccc3OC)(N3CCCC[C@H]3C(=O)N(C)C)c3cc(Cl)ccc32)c(OC(F)(F)F)c1. The Morgan fingerprint density at radius 2 is 1.75 bits per heavy atom. The summed E-state index contributed by atoms with van der Waals surface area (Å²) in [5, 5.41) is 12.2. The lowest BCUT2D eigenvalue weighted by atomic mass is 9.78. The van der Waals surface area contributed by atoms with E-state index >= 15 is 4.79 Å². The summed E-state index contributed by atoms with van der Waals surface area (Å²) in [4.78, 5) is 42.6. The van der Waals surface area contributed by atoms with Gasteiger partial charge in [-0.3, -0.25) is 19.3 Å². The average Bonchev–Trinajstić information content (AvgIpc) is 3.36. The van der Waals surface area contributed by atoms with Gasteiger partial charge in [-0.2, -0.15) is 0 Å². The monoisotopic (exact) mass is 782 g/mol. The van der Waals surface area contributed by atoms with E-state index in [2.05, 4.69) is 10.1 Å². The Hall–Kier alpha value is -4.58. The molecule has 1 fully saturated rings. The molecule has 0 saturated carbocycles. The standard InChI is InChI=1S/C35H38ClF3N4O9S/c1-41(2)32(46)27-7-5-6-16-42(27)34(25-17-21(8-12-28(25)51-4)20-40-15-14-31(44)45)24-18-22(36)9-11-26(24)43(33(34)47)53(48,49)30-13-10-23(50-3)19-29(30)52-35(37,38)39/h8-13,17-19,27,40H,5-7,14-16,20H2,1-4H3,(H,44,45)/t27-,34?/m0/s1. The maximum Gasteiger partial charge on any atom is 0.573 e. The van der Waals surface area contributed by atoms with Gasteiger partial charge in [0.05, 0.1) is 32.4 Å². The number of rotatable bonds is 13. The second-order valence-electron chi connectivity index (χ2n) is 12.6. The number of sulfonamides is 1. The molecule has 5 rings (SSSR count). The number of aliphatic carboxylic acids is 1. The van der Waals surface area contributed by atoms with Gasteiger partial charge in [-0.15, -0.1) is 13.2 Å². The fourth-order valence-electron chi connectivity index (χ4n) is 6.87. The van der Waals surface area contributed by atoms with Gasteiger partial charge in [-0.25, -0.2) is 12.7 Å². The van der Waals surface area contributed by atoms with E-state index < -0.39 is 50.5 Å². The number of benzene rings is 3. The normalized spacial score (nSPS) is 19.1. The number of nitrogens with zero attached hydrogens (tertiary/aromatic N) is 3. The molecular formula is C35H38ClF3N4O9S. The van der Waals surface area contributed by atoms with Crippen molar-refractivity contribution in [2.24, 2.45) is 0 Å². The number of ether oxygens (including phenoxy) is 3. The number of fused-ring (bicyclic) bond motifs is 1. The van der Waals surface area contributed by atoms with Crippen molar-refractivity contribution in [2.75, 3.05) is 45.7 Å². The van der Waals surface area contributed by atoms with E-state index in [-0.39, 0.29) is 71.7 Å². The van der Waals surface area contributed by atoms with Gasteiger partial charge in [-0.05, 0) is 60.9 Å². The largest absolute Gasteiger partial charge is 0.573 e. The zero-order valence-electron chi connectivity index (χ0n) is 29.2. The average molecular weight is 783 g/mol. The van der Waals surface area contributed by atoms with Crippen LogP contribution in [0.4, 0.5) is 18.9 Å². The Labute approximate surface area is 309 Å². The highest BCUT2D eigenvalue weighted by molar-refractivity contribution is 7.93. The molecule has 2 aliphatic heterocycles. The predicted octanol–water partition coefficient (Wildman–Crippen LogP) is 4.74. The number of piperidine rings is 1. The first-order valence-electron chi connectivity index (χ1n) is 16.4. The van der Waals surface area contributed by atoms with E-state index in [1.807, 2.05) is 0 Å². The van der Waals surface area contributed by atoms with E-state index in [4.69, 9.17) is 26.2 Å². The highest BCUT2D eigenvalue weighted by Gasteiger charge is 2.63. The third-order valence-electron chi connectivity index (χ3n) is 9.11. The Morgan fingerprint density at radius 1 is 1.02 bits per heavy atom. The van der Waals surface area contributed by atoms with Crippen molar-refractivity contribution >= 4 is 45.1 Å². The van der Waals surface area contributed by atoms with Crippen LogP contribution >= 0.6 is 11.6 Å². The van der Waals surface area contributed by atoms with Crippen LogP contribution in [0.2, 0.25) is 5.02 Å². The molecule has 2 amide bonds. The Bertz CT molecular complexity index is 2010. The molecular weight excluding hydrogens is 745 g/mol. The second-order valence-corrected chi connectivity index (χ2v) is 14.8. The lowest BCUT2D eigenvalue weighted by Gasteiger charge is -2.47. The molecule has 0 spiro atoms. The summed E-state index contributed by atoms with van der Waals surface area (Å²) >= 11 is 6.58. The number of hydrogen-bond donors (Lipinski definition) is 2. The van der Waals surface area contributed by atoms with Crippen molar-refractivity contribution in [3.63, 3.8) is 0 Å². The van der Waals surface area contributed by atoms with Gasteiger partial charge in [0.1, 0.15) is 16.4 Å². The minimum Gasteiger partial charge on any atom is -0.497 e. The van der Waals surface area contributed by atoms with Gasteiger partial charge in [-0.1, -0.05) is 24.1 Å². The molecule has 2 aliphatic rings. The molecule has 0 aliphatic carbocycles. The van der Waals surface area contributed by atoms with Crippen LogP contribution in [0.25, 0.3) is 0 Å². The zero-order chi connectivity index (χ0) is 38.9. The van der Waals surface area contributed by atoms with Crippen LogP contribution in [-0.2, 0) is 36.5 Å². The number of halogens is 4. The fourth-order valence-corrected chi connectivity index (χ4v) is 8.61. The third kappa shape index (κ3) is 7.60. The van der Waals surface area contributed by atoms with Crippen LogP contribution in [0.1, 0.15) is 42.4 Å². The van der Waals surface area contributed by atoms with Crippen LogP contribution in [0.5, 0.6) is 17.2 Å². The smallest absolute Gasteiger partial charge is 0.497 e. The van der Waals surface area contributed by atoms with Crippen molar-refractivity contribution < 1.29 is 55.3 Å². The van der Waals surface area contributed by atoms with Crippen molar-refractivity contribution in [1.82, 2.24) is 15.1 Å². The zero-order valence-corrected chi connectivity index (χ0v) is 30.8. The molecule has 2 heterocycles. The summed E-state index contributed by atoms with van der Waals surface area (Å²) in [5.41, 5.74) is -1.65. The number of amides is 2. The summed E-state index contributed by atoms with van der Waals surface area (Å²) in [7, 11) is 0.384. The highest BCUT2D eigenvalue weighted by Crippen LogP contribution is 2.55. The first-order valence-corrected chi connectivity index (χ1v) is 18.2. The summed E-state index contributed by atoms with van der Waals surface area (Å²) in [5.74, 6) is -3.66. The Balaban J connectivity index is 1.83. The lowest BCUT2D eigenvalue weighted by Crippen LogP contribution is -2.62. The van der Waals surface area contributed by atoms with E-state index in [0.717, 1.165) is 18.2 Å². The molecule has 18 heteroatoms. The summed E-state index contributed by atoms with van der Waals surface area (Å²) < 4.78 is 86.0. The van der Waals surface area contributed by atoms with Gasteiger partial charge in [0.25, 0.3) is 15.9 Å². The number of likely N-dealkylation sites (tertiary alicyclic amines) is 1. The molecule has 1 unspecified atom stereocenters. The minimum absolute atomic E-state index is 0.0399. The number of anilines is 1. The minimum atomic E-state index is -5.32. The van der Waals surface area contributed by atoms with Crippen LogP contribution in [0.3, 0.4) is 0 Å². The maximum atomic E-state index is 15.6. The van der Waals surface area contributed by atoms with Gasteiger partial charge in [0.15, 0.2) is 11.3 Å². The lowest BCUT2D eigenvalue weighted by molar-refractivity contribution is -0.275. The van der Waals surface area contributed by atoms with Gasteiger partial charge >= 0.3 is 12.3 Å². The molecule has 0 aromatic heterocycles. The summed E-state index contributed by atoms with van der Waals surface area (Å²) in [6.07, 6.45) is -4.10. The van der Waals surface area contributed by atoms with Crippen molar-refractivity contribution in [2.45, 2.75) is 55.1 Å². The van der Waals surface area contributed by atoms with E-state index in [0.29, 0.717) is 22.7 Å². The molecule has 1 saturated heterocycles. The molecule has 0 bridgehead atoms. The number of carboxylic acids is 1. The van der Waals surface area contributed by atoms with Crippen molar-refractivity contribution in [1.29, 1.82) is 0 Å². The maximum absolute atomic E-state index is 15.6. The fraction of sp³-hybridized carbons (Fsp3) is 0.400. The van der Waals surface area contributed by atoms with E-state index in [1.54, 1.807) is 37.2 Å². The summed E-state index contributed by atoms with van der Waals surface area (Å²) in [6, 6.07) is 10.6. The molecule has 0 radical (unpaired) electrons. The Morgan fingerprint density at radius 3 is 2.40 bits per heavy atom. The van der Waals surface area contributed by atoms with Gasteiger partial charge in [0.2, 0.25) is 5.91 Å². The van der Waals surface area contributed by atoms with Crippen LogP contribution in [0.15, 0.2) is 59.5 Å². The number of nitrogens with one attached hydrogen (secondary N) is 1. The number of hydrogen-bond acceptors (Lipinski definition) is 10. The van der Waals surface area contributed by atoms with Crippen molar-refractivity contribution in [3.8, 4) is 17.2 Å². The molecule has 3 aromatic carbocycles. The first-order chi connectivity index (χ1) is 25.0. The molecule has 53 heavy (non-hydrogen) atoms. The highest BCUT2D eigenvalue weighted by atomic mass is 35.5. The molecule has 13 nitrogen and oxygen atoms in total. The molecule has 3 aromatic rings. The second kappa shape index (κ2) is 15.4. The quantitative estimate of drug-likeness (QED) is 0.231. The number of carboxylic acid groups (broad SMARTS) is 1. The van der Waals surface area contributed by atoms with Crippen LogP contribution < -0.4 is 23.8 Å². The van der Waals surface area contributed by atoms with Crippen molar-refractivity contribution in [3.05, 3.63) is 76.3 Å². The number of alkyl halides is 3. The predicted molar refractivity (Wildman–Crippen MR) is 187 cm³/mol. The van der Waals surface area contributed by atoms with Crippen LogP contribution in [-0.4, -0.2) is 94.9 Å². The molecule has 286 valence electrons. The number of carbonyl (C=O) groups is 3. The first kappa shape index (κ1) is 39.6. The number of carbonyl (C=O) groups excluding carboxylic acids is 2. The van der Waals surface area contributed by atoms with Gasteiger partial charge in [0, 0.05) is 55.9 Å². The van der Waals surface area contributed by atoms with E-state index in [1.165, 1.54) is 37.3 Å². The number of methoxy groups -OCH3 is 2. The third-order valence-corrected chi connectivity index (χ3v) is 11.1.